The van der Waals surface area contributed by atoms with Crippen LogP contribution in [-0.4, -0.2) is 5.78 Å². The van der Waals surface area contributed by atoms with Gasteiger partial charge >= 0.3 is 0 Å². The minimum atomic E-state index is 0.0724. The lowest BCUT2D eigenvalue weighted by Gasteiger charge is -2.27. The van der Waals surface area contributed by atoms with Gasteiger partial charge in [0.15, 0.2) is 5.78 Å². The molecule has 0 bridgehead atoms. The van der Waals surface area contributed by atoms with E-state index in [-0.39, 0.29) is 5.78 Å². The van der Waals surface area contributed by atoms with Crippen molar-refractivity contribution in [3.8, 4) is 5.75 Å². The zero-order valence-electron chi connectivity index (χ0n) is 10.1. The minimum Gasteiger partial charge on any atom is -0.456 e. The van der Waals surface area contributed by atoms with E-state index in [2.05, 4.69) is 6.42 Å². The van der Waals surface area contributed by atoms with Crippen LogP contribution in [0.4, 0.5) is 0 Å². The van der Waals surface area contributed by atoms with Crippen LogP contribution in [0.15, 0.2) is 54.1 Å². The van der Waals surface area contributed by atoms with Crippen LogP contribution in [0.2, 0.25) is 0 Å². The molecule has 4 rings (SSSR count). The summed E-state index contributed by atoms with van der Waals surface area (Å²) in [6, 6.07) is 15.5. The highest BCUT2D eigenvalue weighted by Gasteiger charge is 2.31. The fourth-order valence-electron chi connectivity index (χ4n) is 2.55. The van der Waals surface area contributed by atoms with Crippen molar-refractivity contribution in [2.75, 3.05) is 0 Å². The van der Waals surface area contributed by atoms with Gasteiger partial charge in [0.2, 0.25) is 0 Å². The average Bonchev–Trinajstić information content (AvgIpc) is 2.46. The molecule has 2 aromatic rings. The molecule has 2 heteroatoms. The third-order valence-electron chi connectivity index (χ3n) is 3.48. The first-order valence-corrected chi connectivity index (χ1v) is 6.22. The Morgan fingerprint density at radius 3 is 2.74 bits per heavy atom. The predicted octanol–water partition coefficient (Wildman–Crippen LogP) is 3.04. The van der Waals surface area contributed by atoms with Gasteiger partial charge in [0.1, 0.15) is 11.5 Å². The Morgan fingerprint density at radius 1 is 1.00 bits per heavy atom. The summed E-state index contributed by atoms with van der Waals surface area (Å²) in [6.07, 6.45) is 3.62. The van der Waals surface area contributed by atoms with Crippen molar-refractivity contribution in [1.82, 2.24) is 0 Å². The number of ketones is 1. The highest BCUT2D eigenvalue weighted by atomic mass is 16.5. The number of carbonyl (C=O) groups is 1. The van der Waals surface area contributed by atoms with Crippen molar-refractivity contribution in [3.63, 3.8) is 0 Å². The molecule has 0 fully saturated rings. The first-order valence-electron chi connectivity index (χ1n) is 6.22. The Hall–Kier alpha value is -2.35. The van der Waals surface area contributed by atoms with E-state index in [1.807, 2.05) is 48.5 Å². The van der Waals surface area contributed by atoms with Crippen molar-refractivity contribution in [1.29, 1.82) is 0 Å². The van der Waals surface area contributed by atoms with E-state index in [0.717, 1.165) is 22.4 Å². The summed E-state index contributed by atoms with van der Waals surface area (Å²) in [6.45, 7) is 0. The normalized spacial score (nSPS) is 16.3. The molecule has 90 valence electrons. The molecule has 0 saturated carbocycles. The van der Waals surface area contributed by atoms with Crippen molar-refractivity contribution in [3.05, 3.63) is 77.2 Å². The largest absolute Gasteiger partial charge is 0.456 e. The van der Waals surface area contributed by atoms with Gasteiger partial charge in [-0.1, -0.05) is 42.5 Å². The molecule has 0 atom stereocenters. The maximum absolute atomic E-state index is 12.2. The second kappa shape index (κ2) is 3.82. The van der Waals surface area contributed by atoms with Crippen molar-refractivity contribution in [2.45, 2.75) is 6.42 Å². The molecule has 1 aliphatic carbocycles. The molecule has 1 heterocycles. The summed E-state index contributed by atoms with van der Waals surface area (Å²) < 4.78 is 5.93. The maximum Gasteiger partial charge on any atom is 0.168 e. The zero-order valence-corrected chi connectivity index (χ0v) is 10.1. The molecule has 0 amide bonds. The molecule has 0 spiro atoms. The molecule has 1 aliphatic heterocycles. The van der Waals surface area contributed by atoms with E-state index in [1.54, 1.807) is 0 Å². The van der Waals surface area contributed by atoms with Gasteiger partial charge in [-0.15, -0.1) is 0 Å². The lowest BCUT2D eigenvalue weighted by molar-refractivity contribution is -0.114. The summed E-state index contributed by atoms with van der Waals surface area (Å²) >= 11 is 0. The standard InChI is InChI=1S/C17H10O2/c18-15-10-11-5-1-3-7-13(11)17-14(15)9-12-6-2-4-8-16(12)19-17/h1-8H,10H2. The van der Waals surface area contributed by atoms with Crippen LogP contribution in [-0.2, 0) is 11.2 Å². The van der Waals surface area contributed by atoms with E-state index in [4.69, 9.17) is 4.74 Å². The van der Waals surface area contributed by atoms with Gasteiger partial charge in [0.25, 0.3) is 0 Å². The SMILES string of the molecule is O=C1Cc2ccccc2C2=C1[C]c1ccccc1O2. The number of hydrogen-bond donors (Lipinski definition) is 0. The second-order valence-corrected chi connectivity index (χ2v) is 4.68. The highest BCUT2D eigenvalue weighted by Crippen LogP contribution is 2.39. The van der Waals surface area contributed by atoms with Gasteiger partial charge in [-0.2, -0.15) is 0 Å². The smallest absolute Gasteiger partial charge is 0.168 e. The maximum atomic E-state index is 12.2. The Morgan fingerprint density at radius 2 is 1.79 bits per heavy atom. The van der Waals surface area contributed by atoms with E-state index in [1.165, 1.54) is 0 Å². The van der Waals surface area contributed by atoms with E-state index in [0.29, 0.717) is 17.8 Å². The van der Waals surface area contributed by atoms with Crippen LogP contribution in [0.1, 0.15) is 16.7 Å². The number of fused-ring (bicyclic) bond motifs is 3. The quantitative estimate of drug-likeness (QED) is 0.714. The van der Waals surface area contributed by atoms with Crippen molar-refractivity contribution >= 4 is 11.5 Å². The first kappa shape index (κ1) is 10.6. The predicted molar refractivity (Wildman–Crippen MR) is 71.5 cm³/mol. The third-order valence-corrected chi connectivity index (χ3v) is 3.48. The number of ether oxygens (including phenoxy) is 1. The summed E-state index contributed by atoms with van der Waals surface area (Å²) in [5.41, 5.74) is 3.43. The number of para-hydroxylation sites is 1. The van der Waals surface area contributed by atoms with E-state index in [9.17, 15) is 4.79 Å². The zero-order chi connectivity index (χ0) is 12.8. The number of carbonyl (C=O) groups excluding carboxylic acids is 1. The molecule has 0 unspecified atom stereocenters. The van der Waals surface area contributed by atoms with E-state index >= 15 is 0 Å². The van der Waals surface area contributed by atoms with Gasteiger partial charge in [0.05, 0.1) is 12.0 Å². The number of rotatable bonds is 0. The number of benzene rings is 2. The van der Waals surface area contributed by atoms with Gasteiger partial charge in [0, 0.05) is 17.5 Å². The number of hydrogen-bond acceptors (Lipinski definition) is 2. The molecular formula is C17H10O2. The van der Waals surface area contributed by atoms with E-state index < -0.39 is 0 Å². The third kappa shape index (κ3) is 1.53. The van der Waals surface area contributed by atoms with Gasteiger partial charge in [-0.25, -0.2) is 0 Å². The Balaban J connectivity index is 1.91. The van der Waals surface area contributed by atoms with Gasteiger partial charge in [-0.3, -0.25) is 4.79 Å². The summed E-state index contributed by atoms with van der Waals surface area (Å²) in [7, 11) is 0. The topological polar surface area (TPSA) is 26.3 Å². The molecule has 2 aliphatic rings. The number of allylic oxidation sites excluding steroid dienone is 1. The monoisotopic (exact) mass is 246 g/mol. The van der Waals surface area contributed by atoms with Gasteiger partial charge < -0.3 is 4.74 Å². The van der Waals surface area contributed by atoms with Gasteiger partial charge in [-0.05, 0) is 11.6 Å². The Kier molecular flexibility index (Phi) is 2.12. The van der Waals surface area contributed by atoms with Crippen LogP contribution >= 0.6 is 0 Å². The molecule has 2 aromatic carbocycles. The fourth-order valence-corrected chi connectivity index (χ4v) is 2.55. The lowest BCUT2D eigenvalue weighted by Crippen LogP contribution is -2.22. The molecule has 2 radical (unpaired) electrons. The molecule has 0 saturated heterocycles. The second-order valence-electron chi connectivity index (χ2n) is 4.68. The molecule has 0 aromatic heterocycles. The van der Waals surface area contributed by atoms with Crippen molar-refractivity contribution in [2.24, 2.45) is 0 Å². The van der Waals surface area contributed by atoms with Crippen molar-refractivity contribution < 1.29 is 9.53 Å². The summed E-state index contributed by atoms with van der Waals surface area (Å²) in [5.74, 6) is 1.47. The summed E-state index contributed by atoms with van der Waals surface area (Å²) in [5, 5.41) is 0. The molecular weight excluding hydrogens is 236 g/mol. The van der Waals surface area contributed by atoms with Crippen LogP contribution in [0.5, 0.6) is 5.75 Å². The average molecular weight is 246 g/mol. The molecule has 0 N–H and O–H groups in total. The van der Waals surface area contributed by atoms with Crippen LogP contribution in [0.25, 0.3) is 5.76 Å². The highest BCUT2D eigenvalue weighted by molar-refractivity contribution is 6.09. The van der Waals surface area contributed by atoms with Crippen LogP contribution in [0.3, 0.4) is 0 Å². The number of Topliss-reactive ketones (excluding diaryl/α,β-unsaturated/α-hetero) is 1. The minimum absolute atomic E-state index is 0.0724. The fraction of sp³-hybridized carbons (Fsp3) is 0.0588. The lowest BCUT2D eigenvalue weighted by atomic mass is 9.85. The molecule has 2 nitrogen and oxygen atoms in total. The Labute approximate surface area is 111 Å². The first-order chi connectivity index (χ1) is 9.33. The summed E-state index contributed by atoms with van der Waals surface area (Å²) in [4.78, 5) is 12.2. The Bertz CT molecular complexity index is 726. The van der Waals surface area contributed by atoms with Crippen LogP contribution < -0.4 is 4.74 Å². The van der Waals surface area contributed by atoms with Crippen LogP contribution in [0, 0.1) is 6.42 Å². The molecule has 19 heavy (non-hydrogen) atoms.